The van der Waals surface area contributed by atoms with Crippen LogP contribution in [0.2, 0.25) is 0 Å². The summed E-state index contributed by atoms with van der Waals surface area (Å²) in [6, 6.07) is -0.971. The number of nitrogens with one attached hydrogen (secondary N) is 1. The number of aliphatic carboxylic acids is 1. The smallest absolute Gasteiger partial charge is 0.327 e. The van der Waals surface area contributed by atoms with Crippen LogP contribution in [-0.4, -0.2) is 54.5 Å². The molecular formula is C10H19NO5S2. The topological polar surface area (TPSA) is 101 Å². The summed E-state index contributed by atoms with van der Waals surface area (Å²) in [7, 11) is -3.03. The van der Waals surface area contributed by atoms with Gasteiger partial charge in [-0.05, 0) is 6.42 Å². The molecule has 0 saturated carbocycles. The molecule has 2 N–H and O–H groups in total. The van der Waals surface area contributed by atoms with Gasteiger partial charge in [-0.3, -0.25) is 4.79 Å². The fraction of sp³-hybridized carbons (Fsp3) is 0.800. The van der Waals surface area contributed by atoms with E-state index in [9.17, 15) is 18.0 Å². The Morgan fingerprint density at radius 1 is 1.33 bits per heavy atom. The number of hydrogen-bond acceptors (Lipinski definition) is 5. The predicted octanol–water partition coefficient (Wildman–Crippen LogP) is 0.134. The van der Waals surface area contributed by atoms with Crippen LogP contribution < -0.4 is 5.32 Å². The summed E-state index contributed by atoms with van der Waals surface area (Å²) in [6.45, 7) is 3.04. The van der Waals surface area contributed by atoms with Crippen LogP contribution in [0.3, 0.4) is 0 Å². The summed E-state index contributed by atoms with van der Waals surface area (Å²) in [5.74, 6) is -0.836. The third kappa shape index (κ3) is 8.35. The highest BCUT2D eigenvalue weighted by Gasteiger charge is 2.18. The van der Waals surface area contributed by atoms with E-state index in [-0.39, 0.29) is 17.3 Å². The van der Waals surface area contributed by atoms with E-state index in [0.29, 0.717) is 12.2 Å². The van der Waals surface area contributed by atoms with Crippen LogP contribution in [0, 0.1) is 0 Å². The number of sulfone groups is 1. The van der Waals surface area contributed by atoms with Crippen molar-refractivity contribution in [1.82, 2.24) is 5.32 Å². The van der Waals surface area contributed by atoms with Gasteiger partial charge in [0.25, 0.3) is 0 Å². The molecule has 0 aliphatic heterocycles. The number of rotatable bonds is 9. The molecule has 0 aliphatic carbocycles. The molecule has 0 bridgehead atoms. The zero-order valence-electron chi connectivity index (χ0n) is 10.5. The fourth-order valence-corrected chi connectivity index (χ4v) is 4.16. The lowest BCUT2D eigenvalue weighted by Gasteiger charge is -2.12. The number of carbonyl (C=O) groups excluding carboxylic acids is 1. The molecule has 1 atom stereocenters. The predicted molar refractivity (Wildman–Crippen MR) is 71.5 cm³/mol. The Bertz CT molecular complexity index is 380. The van der Waals surface area contributed by atoms with Crippen LogP contribution in [0.5, 0.6) is 0 Å². The molecule has 18 heavy (non-hydrogen) atoms. The van der Waals surface area contributed by atoms with Crippen LogP contribution in [0.4, 0.5) is 0 Å². The second-order valence-corrected chi connectivity index (χ2v) is 7.27. The molecule has 0 fully saturated rings. The molecule has 0 aliphatic rings. The molecule has 0 spiro atoms. The summed E-state index contributed by atoms with van der Waals surface area (Å²) >= 11 is 1.21. The number of thioether (sulfide) groups is 1. The van der Waals surface area contributed by atoms with Crippen LogP contribution in [-0.2, 0) is 19.4 Å². The summed E-state index contributed by atoms with van der Waals surface area (Å²) in [5, 5.41) is 11.1. The molecular weight excluding hydrogens is 278 g/mol. The molecule has 0 aromatic carbocycles. The van der Waals surface area contributed by atoms with Gasteiger partial charge in [-0.1, -0.05) is 6.92 Å². The monoisotopic (exact) mass is 297 g/mol. The van der Waals surface area contributed by atoms with Gasteiger partial charge in [-0.25, -0.2) is 13.2 Å². The number of carboxylic acid groups (broad SMARTS) is 1. The van der Waals surface area contributed by atoms with Gasteiger partial charge in [0.1, 0.15) is 6.04 Å². The molecule has 0 rings (SSSR count). The first-order chi connectivity index (χ1) is 8.28. The minimum Gasteiger partial charge on any atom is -0.480 e. The van der Waals surface area contributed by atoms with Gasteiger partial charge in [-0.15, -0.1) is 0 Å². The quantitative estimate of drug-likeness (QED) is 0.587. The van der Waals surface area contributed by atoms with Gasteiger partial charge in [0, 0.05) is 24.2 Å². The Balaban J connectivity index is 4.01. The minimum atomic E-state index is -3.03. The molecule has 106 valence electrons. The standard InChI is InChI=1S/C10H19NO5S2/c1-3-5-18(15,16)6-4-17-7-9(10(13)14)11-8(2)12/h9H,3-7H2,1-2H3,(H,11,12)(H,13,14)/t9-/m0/s1. The first-order valence-corrected chi connectivity index (χ1v) is 8.54. The lowest BCUT2D eigenvalue weighted by molar-refractivity contribution is -0.140. The van der Waals surface area contributed by atoms with Crippen molar-refractivity contribution < 1.29 is 23.1 Å². The molecule has 0 aromatic rings. The maximum absolute atomic E-state index is 11.4. The molecule has 0 heterocycles. The molecule has 0 unspecified atom stereocenters. The second kappa shape index (κ2) is 8.36. The highest BCUT2D eigenvalue weighted by atomic mass is 32.2. The molecule has 0 radical (unpaired) electrons. The Morgan fingerprint density at radius 2 is 1.94 bits per heavy atom. The van der Waals surface area contributed by atoms with Gasteiger partial charge < -0.3 is 10.4 Å². The van der Waals surface area contributed by atoms with Crippen molar-refractivity contribution in [3.63, 3.8) is 0 Å². The zero-order valence-corrected chi connectivity index (χ0v) is 12.1. The lowest BCUT2D eigenvalue weighted by Crippen LogP contribution is -2.41. The lowest BCUT2D eigenvalue weighted by atomic mass is 10.3. The molecule has 0 saturated heterocycles. The van der Waals surface area contributed by atoms with Crippen molar-refractivity contribution in [2.24, 2.45) is 0 Å². The van der Waals surface area contributed by atoms with E-state index < -0.39 is 27.8 Å². The average molecular weight is 297 g/mol. The summed E-state index contributed by atoms with van der Waals surface area (Å²) < 4.78 is 22.8. The highest BCUT2D eigenvalue weighted by Crippen LogP contribution is 2.06. The van der Waals surface area contributed by atoms with Crippen molar-refractivity contribution in [2.45, 2.75) is 26.3 Å². The molecule has 1 amide bonds. The van der Waals surface area contributed by atoms with Crippen molar-refractivity contribution in [1.29, 1.82) is 0 Å². The zero-order chi connectivity index (χ0) is 14.2. The van der Waals surface area contributed by atoms with E-state index in [2.05, 4.69) is 5.32 Å². The highest BCUT2D eigenvalue weighted by molar-refractivity contribution is 8.00. The third-order valence-corrected chi connectivity index (χ3v) is 5.19. The number of hydrogen-bond donors (Lipinski definition) is 2. The number of amides is 1. The normalized spacial score (nSPS) is 13.0. The molecule has 8 heteroatoms. The van der Waals surface area contributed by atoms with Crippen molar-refractivity contribution in [3.8, 4) is 0 Å². The Kier molecular flexibility index (Phi) is 8.01. The van der Waals surface area contributed by atoms with E-state index in [1.54, 1.807) is 6.92 Å². The van der Waals surface area contributed by atoms with Gasteiger partial charge in [0.2, 0.25) is 5.91 Å². The van der Waals surface area contributed by atoms with Crippen molar-refractivity contribution in [2.75, 3.05) is 23.0 Å². The SMILES string of the molecule is CCCS(=O)(=O)CCSC[C@H](NC(C)=O)C(=O)O. The van der Waals surface area contributed by atoms with E-state index in [4.69, 9.17) is 5.11 Å². The summed E-state index contributed by atoms with van der Waals surface area (Å²) in [4.78, 5) is 21.5. The van der Waals surface area contributed by atoms with Gasteiger partial charge >= 0.3 is 5.97 Å². The fourth-order valence-electron chi connectivity index (χ4n) is 1.22. The first kappa shape index (κ1) is 17.2. The number of carbonyl (C=O) groups is 2. The van der Waals surface area contributed by atoms with Crippen LogP contribution >= 0.6 is 11.8 Å². The Hall–Kier alpha value is -0.760. The molecule has 6 nitrogen and oxygen atoms in total. The van der Waals surface area contributed by atoms with Crippen molar-refractivity contribution in [3.05, 3.63) is 0 Å². The Labute approximate surface area is 111 Å². The van der Waals surface area contributed by atoms with E-state index in [0.717, 1.165) is 0 Å². The third-order valence-electron chi connectivity index (χ3n) is 2.01. The maximum atomic E-state index is 11.4. The van der Waals surface area contributed by atoms with Gasteiger partial charge in [0.15, 0.2) is 9.84 Å². The number of carboxylic acids is 1. The van der Waals surface area contributed by atoms with Crippen LogP contribution in [0.1, 0.15) is 20.3 Å². The van der Waals surface area contributed by atoms with E-state index in [1.165, 1.54) is 18.7 Å². The van der Waals surface area contributed by atoms with E-state index in [1.807, 2.05) is 0 Å². The van der Waals surface area contributed by atoms with Crippen LogP contribution in [0.15, 0.2) is 0 Å². The largest absolute Gasteiger partial charge is 0.480 e. The average Bonchev–Trinajstić information content (AvgIpc) is 2.21. The van der Waals surface area contributed by atoms with Crippen molar-refractivity contribution >= 4 is 33.5 Å². The van der Waals surface area contributed by atoms with Gasteiger partial charge in [0.05, 0.1) is 5.75 Å². The minimum absolute atomic E-state index is 0.0396. The van der Waals surface area contributed by atoms with Crippen LogP contribution in [0.25, 0.3) is 0 Å². The van der Waals surface area contributed by atoms with E-state index >= 15 is 0 Å². The second-order valence-electron chi connectivity index (χ2n) is 3.82. The van der Waals surface area contributed by atoms with Gasteiger partial charge in [-0.2, -0.15) is 11.8 Å². The first-order valence-electron chi connectivity index (χ1n) is 5.56. The summed E-state index contributed by atoms with van der Waals surface area (Å²) in [6.07, 6.45) is 0.580. The molecule has 0 aromatic heterocycles. The summed E-state index contributed by atoms with van der Waals surface area (Å²) in [5.41, 5.74) is 0. The maximum Gasteiger partial charge on any atom is 0.327 e. The Morgan fingerprint density at radius 3 is 2.39 bits per heavy atom.